The summed E-state index contributed by atoms with van der Waals surface area (Å²) in [4.78, 5) is 33.6. The molecule has 6 heteroatoms. The van der Waals surface area contributed by atoms with Gasteiger partial charge in [0.2, 0.25) is 11.8 Å². The molecule has 0 radical (unpaired) electrons. The molecule has 0 saturated heterocycles. The number of fused-ring (bicyclic) bond motifs is 1. The average molecular weight is 427 g/mol. The number of amides is 2. The minimum atomic E-state index is -0.488. The molecule has 32 heavy (non-hydrogen) atoms. The van der Waals surface area contributed by atoms with E-state index in [0.717, 1.165) is 28.2 Å². The Bertz CT molecular complexity index is 1150. The lowest BCUT2D eigenvalue weighted by atomic mass is 9.90. The van der Waals surface area contributed by atoms with Crippen LogP contribution in [0.2, 0.25) is 0 Å². The van der Waals surface area contributed by atoms with Gasteiger partial charge in [-0.1, -0.05) is 48.5 Å². The van der Waals surface area contributed by atoms with Gasteiger partial charge in [-0.15, -0.1) is 0 Å². The molecule has 1 unspecified atom stereocenters. The number of benzene rings is 3. The highest BCUT2D eigenvalue weighted by Gasteiger charge is 2.35. The van der Waals surface area contributed by atoms with Gasteiger partial charge in [0.05, 0.1) is 17.9 Å². The third kappa shape index (κ3) is 4.45. The average Bonchev–Trinajstić information content (AvgIpc) is 3.13. The SMILES string of the molecule is CN(C)CC(=O)N(C)c1ccc(N=C(c2ccccc2)C2C(=O)Nc3ccccc32)cc1. The van der Waals surface area contributed by atoms with Gasteiger partial charge in [-0.05, 0) is 55.6 Å². The Morgan fingerprint density at radius 2 is 1.56 bits per heavy atom. The van der Waals surface area contributed by atoms with Gasteiger partial charge in [0.25, 0.3) is 0 Å². The van der Waals surface area contributed by atoms with Crippen molar-refractivity contribution in [1.29, 1.82) is 0 Å². The maximum Gasteiger partial charge on any atom is 0.240 e. The highest BCUT2D eigenvalue weighted by atomic mass is 16.2. The molecule has 1 atom stereocenters. The second kappa shape index (κ2) is 9.16. The van der Waals surface area contributed by atoms with Crippen LogP contribution < -0.4 is 10.2 Å². The second-order valence-corrected chi connectivity index (χ2v) is 8.08. The minimum Gasteiger partial charge on any atom is -0.325 e. The lowest BCUT2D eigenvalue weighted by Gasteiger charge is -2.20. The molecule has 0 bridgehead atoms. The number of nitrogens with one attached hydrogen (secondary N) is 1. The van der Waals surface area contributed by atoms with E-state index in [9.17, 15) is 9.59 Å². The van der Waals surface area contributed by atoms with Crippen LogP contribution in [-0.4, -0.2) is 50.1 Å². The van der Waals surface area contributed by atoms with Crippen LogP contribution in [0.1, 0.15) is 17.0 Å². The first-order valence-electron chi connectivity index (χ1n) is 10.5. The summed E-state index contributed by atoms with van der Waals surface area (Å²) < 4.78 is 0. The van der Waals surface area contributed by atoms with Gasteiger partial charge in [0.1, 0.15) is 5.92 Å². The van der Waals surface area contributed by atoms with Crippen molar-refractivity contribution in [2.45, 2.75) is 5.92 Å². The van der Waals surface area contributed by atoms with Crippen molar-refractivity contribution in [3.63, 3.8) is 0 Å². The lowest BCUT2D eigenvalue weighted by molar-refractivity contribution is -0.119. The van der Waals surface area contributed by atoms with Gasteiger partial charge in [-0.25, -0.2) is 0 Å². The van der Waals surface area contributed by atoms with Gasteiger partial charge in [0.15, 0.2) is 0 Å². The number of aliphatic imine (C=N–C) groups is 1. The normalized spacial score (nSPS) is 15.4. The number of carbonyl (C=O) groups excluding carboxylic acids is 2. The summed E-state index contributed by atoms with van der Waals surface area (Å²) in [5, 5.41) is 2.97. The Labute approximate surface area is 188 Å². The third-order valence-corrected chi connectivity index (χ3v) is 5.45. The quantitative estimate of drug-likeness (QED) is 0.605. The first kappa shape index (κ1) is 21.5. The molecule has 0 saturated carbocycles. The van der Waals surface area contributed by atoms with E-state index in [1.807, 2.05) is 97.9 Å². The maximum atomic E-state index is 12.9. The van der Waals surface area contributed by atoms with Gasteiger partial charge in [0, 0.05) is 18.4 Å². The van der Waals surface area contributed by atoms with E-state index in [1.165, 1.54) is 0 Å². The van der Waals surface area contributed by atoms with Crippen LogP contribution in [0.15, 0.2) is 83.9 Å². The van der Waals surface area contributed by atoms with Gasteiger partial charge >= 0.3 is 0 Å². The van der Waals surface area contributed by atoms with Crippen molar-refractivity contribution < 1.29 is 9.59 Å². The number of para-hydroxylation sites is 1. The largest absolute Gasteiger partial charge is 0.325 e. The van der Waals surface area contributed by atoms with Crippen molar-refractivity contribution in [1.82, 2.24) is 4.90 Å². The Balaban J connectivity index is 1.70. The van der Waals surface area contributed by atoms with Crippen molar-refractivity contribution in [3.8, 4) is 0 Å². The molecule has 0 aliphatic carbocycles. The molecule has 3 aromatic rings. The molecule has 3 aromatic carbocycles. The predicted octanol–water partition coefficient (Wildman–Crippen LogP) is 4.07. The van der Waals surface area contributed by atoms with Crippen LogP contribution in [0.5, 0.6) is 0 Å². The smallest absolute Gasteiger partial charge is 0.240 e. The molecule has 1 aliphatic heterocycles. The molecule has 0 spiro atoms. The van der Waals surface area contributed by atoms with Crippen molar-refractivity contribution in [3.05, 3.63) is 90.0 Å². The molecule has 0 fully saturated rings. The van der Waals surface area contributed by atoms with E-state index in [0.29, 0.717) is 12.3 Å². The van der Waals surface area contributed by atoms with Gasteiger partial charge in [-0.2, -0.15) is 0 Å². The fourth-order valence-electron chi connectivity index (χ4n) is 3.80. The monoisotopic (exact) mass is 426 g/mol. The number of anilines is 2. The standard InChI is InChI=1S/C26H26N4O2/c1-29(2)17-23(31)30(3)20-15-13-19(14-16-20)27-25(18-9-5-4-6-10-18)24-21-11-7-8-12-22(21)28-26(24)32/h4-16,24H,17H2,1-3H3,(H,28,32). The summed E-state index contributed by atoms with van der Waals surface area (Å²) in [6.45, 7) is 0.338. The topological polar surface area (TPSA) is 65.0 Å². The zero-order chi connectivity index (χ0) is 22.7. The van der Waals surface area contributed by atoms with Crippen LogP contribution in [-0.2, 0) is 9.59 Å². The molecule has 1 aliphatic rings. The number of rotatable bonds is 6. The molecule has 4 rings (SSSR count). The van der Waals surface area contributed by atoms with Crippen molar-refractivity contribution in [2.24, 2.45) is 4.99 Å². The maximum absolute atomic E-state index is 12.9. The Hall–Kier alpha value is -3.77. The molecule has 1 heterocycles. The molecular formula is C26H26N4O2. The molecule has 162 valence electrons. The number of hydrogen-bond donors (Lipinski definition) is 1. The fraction of sp³-hybridized carbons (Fsp3) is 0.192. The summed E-state index contributed by atoms with van der Waals surface area (Å²) in [5.74, 6) is -0.562. The Morgan fingerprint density at radius 1 is 0.906 bits per heavy atom. The number of carbonyl (C=O) groups is 2. The summed E-state index contributed by atoms with van der Waals surface area (Å²) in [6.07, 6.45) is 0. The second-order valence-electron chi connectivity index (χ2n) is 8.08. The number of nitrogens with zero attached hydrogens (tertiary/aromatic N) is 3. The van der Waals surface area contributed by atoms with E-state index in [-0.39, 0.29) is 11.8 Å². The van der Waals surface area contributed by atoms with E-state index in [2.05, 4.69) is 5.32 Å². The summed E-state index contributed by atoms with van der Waals surface area (Å²) in [6, 6.07) is 25.0. The fourth-order valence-corrected chi connectivity index (χ4v) is 3.80. The summed E-state index contributed by atoms with van der Waals surface area (Å²) in [7, 11) is 5.50. The summed E-state index contributed by atoms with van der Waals surface area (Å²) >= 11 is 0. The molecule has 0 aromatic heterocycles. The first-order chi connectivity index (χ1) is 15.4. The number of likely N-dealkylation sites (N-methyl/N-ethyl adjacent to an activating group) is 2. The third-order valence-electron chi connectivity index (χ3n) is 5.45. The minimum absolute atomic E-state index is 0.00968. The van der Waals surface area contributed by atoms with E-state index in [4.69, 9.17) is 4.99 Å². The Kier molecular flexibility index (Phi) is 6.14. The zero-order valence-corrected chi connectivity index (χ0v) is 18.4. The summed E-state index contributed by atoms with van der Waals surface area (Å²) in [5.41, 5.74) is 4.84. The molecule has 6 nitrogen and oxygen atoms in total. The molecule has 1 N–H and O–H groups in total. The molecular weight excluding hydrogens is 400 g/mol. The zero-order valence-electron chi connectivity index (χ0n) is 18.4. The highest BCUT2D eigenvalue weighted by molar-refractivity contribution is 6.24. The highest BCUT2D eigenvalue weighted by Crippen LogP contribution is 2.36. The molecule has 2 amide bonds. The Morgan fingerprint density at radius 3 is 2.25 bits per heavy atom. The van der Waals surface area contributed by atoms with Crippen LogP contribution >= 0.6 is 0 Å². The lowest BCUT2D eigenvalue weighted by Crippen LogP contribution is -2.34. The number of hydrogen-bond acceptors (Lipinski definition) is 4. The van der Waals surface area contributed by atoms with E-state index < -0.39 is 5.92 Å². The van der Waals surface area contributed by atoms with Gasteiger partial charge in [-0.3, -0.25) is 14.6 Å². The van der Waals surface area contributed by atoms with Crippen molar-refractivity contribution in [2.75, 3.05) is 37.9 Å². The van der Waals surface area contributed by atoms with Crippen molar-refractivity contribution >= 4 is 34.6 Å². The van der Waals surface area contributed by atoms with Gasteiger partial charge < -0.3 is 15.1 Å². The van der Waals surface area contributed by atoms with E-state index in [1.54, 1.807) is 11.9 Å². The predicted molar refractivity (Wildman–Crippen MR) is 129 cm³/mol. The van der Waals surface area contributed by atoms with Crippen LogP contribution in [0.4, 0.5) is 17.1 Å². The first-order valence-corrected chi connectivity index (χ1v) is 10.5. The van der Waals surface area contributed by atoms with Crippen LogP contribution in [0.25, 0.3) is 0 Å². The van der Waals surface area contributed by atoms with Crippen LogP contribution in [0.3, 0.4) is 0 Å². The van der Waals surface area contributed by atoms with Crippen LogP contribution in [0, 0.1) is 0 Å². The van der Waals surface area contributed by atoms with E-state index >= 15 is 0 Å².